The zero-order valence-corrected chi connectivity index (χ0v) is 62.9. The van der Waals surface area contributed by atoms with E-state index >= 15 is 0 Å². The molecule has 87 heavy (non-hydrogen) atoms. The predicted molar refractivity (Wildman–Crippen MR) is 374 cm³/mol. The van der Waals surface area contributed by atoms with Crippen LogP contribution in [0.25, 0.3) is 21.8 Å². The van der Waals surface area contributed by atoms with E-state index in [1.807, 2.05) is 59.0 Å². The number of hydrogen-bond donors (Lipinski definition) is 3. The molecule has 0 amide bonds. The number of aromatic nitrogens is 4. The number of benzene rings is 4. The molecule has 6 aromatic rings. The molecule has 0 saturated heterocycles. The van der Waals surface area contributed by atoms with Gasteiger partial charge in [0.25, 0.3) is 5.97 Å². The number of ether oxygens (including phenoxy) is 6. The molecule has 0 aliphatic carbocycles. The third kappa shape index (κ3) is 37.6. The van der Waals surface area contributed by atoms with E-state index in [1.165, 1.54) is 85.8 Å². The molecule has 0 bridgehead atoms. The first kappa shape index (κ1) is 88.0. The molecular weight excluding hydrogens is 1630 g/mol. The Bertz CT molecular complexity index is 2800. The number of rotatable bonds is 18. The standard InChI is InChI=1S/C17H18N2O.C15H13ClN2.C10H18O5.2C6H12O3.C6H11O3.CH3I.CH4.3HI.V/c1-2-20-13-16-15-10-6-7-11-17(15)19(18-16)12-14-8-4-3-5-9-14;16-10-14-13-8-4-5-9-15(13)18(17-14)11-12-6-2-1-3-7-12;1-6-14-8(12)10(4,5)15-7(11)9(2,3)13;3*1-4-9-5(7)6(2,3)8;1-2;;;;;/h3-11H,2,12-13H2,1H3;1-9H,10-11H2;13H,6H2,1-5H3;2*8H,4H2,1-3H3;4H2,1-3H3;1H3;1H4;3*1H;/q;;;;;-1;;;;;;+3/p-3. The average Bonchev–Trinajstić information content (AvgIpc) is 3.09. The molecular formula is C62H91ClI4N4O15V-. The van der Waals surface area contributed by atoms with Gasteiger partial charge in [-0.3, -0.25) is 14.2 Å². The van der Waals surface area contributed by atoms with E-state index in [1.54, 1.807) is 27.7 Å². The fraction of sp³-hybridized carbons (Fsp3) is 0.500. The monoisotopic (exact) mass is 1730 g/mol. The van der Waals surface area contributed by atoms with Gasteiger partial charge in [0, 0.05) is 17.4 Å². The molecule has 19 nitrogen and oxygen atoms in total. The Morgan fingerprint density at radius 2 is 0.816 bits per heavy atom. The van der Waals surface area contributed by atoms with Gasteiger partial charge in [0.2, 0.25) is 5.60 Å². The molecule has 6 rings (SSSR count). The molecule has 3 N–H and O–H groups in total. The van der Waals surface area contributed by atoms with Crippen molar-refractivity contribution in [1.82, 2.24) is 19.6 Å². The minimum absolute atomic E-state index is 0. The number of aliphatic hydroxyl groups is 3. The Labute approximate surface area is 571 Å². The van der Waals surface area contributed by atoms with E-state index < -0.39 is 57.9 Å². The SMILES string of the molecule is C.CCOC(=O)C(C)(C)O.CCOC(=O)C(C)(C)O.CCOC(=O)C(C)(C)OC(=O)C(C)(C)O.CCOC(=O)C(C)(C)[O-].CCOCc1nn(Cc2ccccc2)c2ccccc12.CI.ClCc1nn(Cc2ccccc2)c2ccccc12.[I][V]([I])[I]. The summed E-state index contributed by atoms with van der Waals surface area (Å²) < 4.78 is 32.7. The van der Waals surface area contributed by atoms with Crippen LogP contribution in [0.5, 0.6) is 0 Å². The third-order valence-electron chi connectivity index (χ3n) is 10.3. The Kier molecular flexibility index (Phi) is 46.4. The van der Waals surface area contributed by atoms with Crippen molar-refractivity contribution in [3.8, 4) is 0 Å². The topological polar surface area (TPSA) is 260 Å². The maximum atomic E-state index is 11.3. The van der Waals surface area contributed by atoms with Gasteiger partial charge in [-0.1, -0.05) is 141 Å². The zero-order valence-electron chi connectivity index (χ0n) is 52.1. The van der Waals surface area contributed by atoms with Crippen LogP contribution in [0, 0.1) is 0 Å². The summed E-state index contributed by atoms with van der Waals surface area (Å²) in [6.07, 6.45) is 0. The van der Waals surface area contributed by atoms with Gasteiger partial charge in [-0.25, -0.2) is 19.2 Å². The molecule has 25 heteroatoms. The van der Waals surface area contributed by atoms with Crippen molar-refractivity contribution in [3.05, 3.63) is 132 Å². The summed E-state index contributed by atoms with van der Waals surface area (Å²) in [5.74, 6) is -2.90. The van der Waals surface area contributed by atoms with Crippen LogP contribution in [0.15, 0.2) is 109 Å². The minimum atomic E-state index is -1.62. The number of fused-ring (bicyclic) bond motifs is 2. The molecule has 0 unspecified atom stereocenters. The van der Waals surface area contributed by atoms with Crippen LogP contribution in [-0.2, 0) is 82.9 Å². The van der Waals surface area contributed by atoms with Crippen LogP contribution in [0.1, 0.15) is 134 Å². The van der Waals surface area contributed by atoms with Crippen LogP contribution >= 0.6 is 94.1 Å². The molecule has 2 heterocycles. The second-order valence-electron chi connectivity index (χ2n) is 20.1. The molecule has 2 aromatic heterocycles. The summed E-state index contributed by atoms with van der Waals surface area (Å²) in [7, 11) is 0. The van der Waals surface area contributed by atoms with E-state index in [-0.39, 0.29) is 25.6 Å². The third-order valence-corrected chi connectivity index (χ3v) is 10.6. The zero-order chi connectivity index (χ0) is 66.5. The van der Waals surface area contributed by atoms with Crippen molar-refractivity contribution in [3.63, 3.8) is 0 Å². The maximum absolute atomic E-state index is 11.3. The number of halogens is 5. The van der Waals surface area contributed by atoms with E-state index in [0.717, 1.165) is 40.9 Å². The van der Waals surface area contributed by atoms with E-state index in [4.69, 9.17) is 41.1 Å². The molecule has 490 valence electrons. The molecule has 0 spiro atoms. The van der Waals surface area contributed by atoms with Gasteiger partial charge in [0.1, 0.15) is 0 Å². The molecule has 0 fully saturated rings. The molecule has 0 saturated carbocycles. The van der Waals surface area contributed by atoms with Crippen LogP contribution in [-0.4, -0.2) is 131 Å². The van der Waals surface area contributed by atoms with Crippen LogP contribution in [0.4, 0.5) is 0 Å². The first-order valence-corrected chi connectivity index (χ1v) is 43.3. The van der Waals surface area contributed by atoms with E-state index in [2.05, 4.69) is 173 Å². The molecule has 0 aliphatic rings. The Morgan fingerprint density at radius 3 is 1.11 bits per heavy atom. The number of esters is 5. The first-order valence-electron chi connectivity index (χ1n) is 27.1. The predicted octanol–water partition coefficient (Wildman–Crippen LogP) is 12.8. The van der Waals surface area contributed by atoms with E-state index in [0.29, 0.717) is 32.3 Å². The Balaban J connectivity index is -0.000000981. The van der Waals surface area contributed by atoms with Crippen molar-refractivity contribution in [2.75, 3.05) is 38.0 Å². The first-order chi connectivity index (χ1) is 40.0. The summed E-state index contributed by atoms with van der Waals surface area (Å²) >= 11 is 15.5. The summed E-state index contributed by atoms with van der Waals surface area (Å²) in [5, 5.41) is 49.6. The van der Waals surface area contributed by atoms with E-state index in [9.17, 15) is 34.2 Å². The normalized spacial score (nSPS) is 10.8. The van der Waals surface area contributed by atoms with Crippen LogP contribution in [0.3, 0.4) is 0 Å². The number of para-hydroxylation sites is 2. The number of nitrogens with zero attached hydrogens (tertiary/aromatic N) is 4. The molecule has 4 aromatic carbocycles. The van der Waals surface area contributed by atoms with Crippen molar-refractivity contribution in [2.24, 2.45) is 0 Å². The van der Waals surface area contributed by atoms with Gasteiger partial charge < -0.3 is 48.8 Å². The van der Waals surface area contributed by atoms with Crippen molar-refractivity contribution < 1.29 is 77.7 Å². The van der Waals surface area contributed by atoms with Gasteiger partial charge in [-0.2, -0.15) is 10.2 Å². The van der Waals surface area contributed by atoms with Gasteiger partial charge in [-0.05, 0) is 124 Å². The summed E-state index contributed by atoms with van der Waals surface area (Å²) in [6, 6.07) is 37.3. The molecule has 0 atom stereocenters. The van der Waals surface area contributed by atoms with Gasteiger partial charge in [0.05, 0.1) is 74.4 Å². The van der Waals surface area contributed by atoms with Crippen LogP contribution in [0.2, 0.25) is 0 Å². The number of alkyl halides is 2. The number of carbonyl (C=O) groups excluding carboxylic acids is 5. The second-order valence-corrected chi connectivity index (χ2v) is 55.8. The van der Waals surface area contributed by atoms with Crippen molar-refractivity contribution in [1.29, 1.82) is 0 Å². The van der Waals surface area contributed by atoms with Gasteiger partial charge in [0.15, 0.2) is 16.8 Å². The van der Waals surface area contributed by atoms with Gasteiger partial charge >= 0.3 is 88.7 Å². The van der Waals surface area contributed by atoms with Crippen molar-refractivity contribution >= 4 is 146 Å². The second kappa shape index (κ2) is 45.9. The summed E-state index contributed by atoms with van der Waals surface area (Å²) in [5.41, 5.74) is -0.556. The molecule has 0 aliphatic heterocycles. The number of hydrogen-bond acceptors (Lipinski definition) is 17. The Morgan fingerprint density at radius 1 is 0.506 bits per heavy atom. The summed E-state index contributed by atoms with van der Waals surface area (Å²) in [6.45, 7) is 26.2. The fourth-order valence-corrected chi connectivity index (χ4v) is 6.37. The number of carbonyl (C=O) groups is 5. The Hall–Kier alpha value is -3.24. The van der Waals surface area contributed by atoms with Crippen molar-refractivity contribution in [2.45, 2.75) is 165 Å². The fourth-order valence-electron chi connectivity index (χ4n) is 6.17. The average molecular weight is 1730 g/mol. The molecule has 0 radical (unpaired) electrons. The summed E-state index contributed by atoms with van der Waals surface area (Å²) in [4.78, 5) is 56.1. The van der Waals surface area contributed by atoms with Crippen LogP contribution < -0.4 is 5.11 Å². The van der Waals surface area contributed by atoms with Gasteiger partial charge in [-0.15, -0.1) is 11.6 Å². The quantitative estimate of drug-likeness (QED) is 0.0313.